The van der Waals surface area contributed by atoms with Gasteiger partial charge in [-0.2, -0.15) is 0 Å². The smallest absolute Gasteiger partial charge is 0.254 e. The third kappa shape index (κ3) is 3.12. The number of fused-ring (bicyclic) bond motifs is 1. The molecule has 3 heterocycles. The van der Waals surface area contributed by atoms with Crippen molar-refractivity contribution in [3.8, 4) is 0 Å². The molecule has 0 saturated carbocycles. The highest BCUT2D eigenvalue weighted by molar-refractivity contribution is 5.96. The number of hydrogen-bond acceptors (Lipinski definition) is 6. The van der Waals surface area contributed by atoms with E-state index in [-0.39, 0.29) is 24.5 Å². The quantitative estimate of drug-likeness (QED) is 0.746. The molecule has 3 unspecified atom stereocenters. The Morgan fingerprint density at radius 1 is 1.27 bits per heavy atom. The summed E-state index contributed by atoms with van der Waals surface area (Å²) in [6, 6.07) is 6.21. The minimum Gasteiger partial charge on any atom is -0.377 e. The lowest BCUT2D eigenvalue weighted by atomic mass is 10.1. The molecular formula is C19H27N5O2. The summed E-state index contributed by atoms with van der Waals surface area (Å²) in [7, 11) is 0. The molecule has 2 saturated heterocycles. The van der Waals surface area contributed by atoms with E-state index >= 15 is 0 Å². The molecule has 4 rings (SSSR count). The number of para-hydroxylation sites is 1. The van der Waals surface area contributed by atoms with E-state index in [4.69, 9.17) is 4.74 Å². The number of nitrogens with one attached hydrogen (secondary N) is 3. The van der Waals surface area contributed by atoms with Crippen LogP contribution in [0.3, 0.4) is 0 Å². The van der Waals surface area contributed by atoms with Crippen LogP contribution in [0, 0.1) is 13.8 Å². The van der Waals surface area contributed by atoms with Crippen molar-refractivity contribution in [2.45, 2.75) is 45.8 Å². The van der Waals surface area contributed by atoms with Crippen LogP contribution in [0.15, 0.2) is 30.0 Å². The topological polar surface area (TPSA) is 68.9 Å². The number of amides is 1. The third-order valence-electron chi connectivity index (χ3n) is 5.33. The van der Waals surface area contributed by atoms with Gasteiger partial charge in [0.05, 0.1) is 17.4 Å². The zero-order valence-corrected chi connectivity index (χ0v) is 15.6. The van der Waals surface area contributed by atoms with Gasteiger partial charge in [-0.05, 0) is 38.3 Å². The van der Waals surface area contributed by atoms with Crippen LogP contribution in [0.1, 0.15) is 24.5 Å². The first kappa shape index (κ1) is 17.5. The minimum atomic E-state index is -0.195. The second-order valence-electron chi connectivity index (χ2n) is 7.16. The first-order valence-corrected chi connectivity index (χ1v) is 9.32. The highest BCUT2D eigenvalue weighted by Gasteiger charge is 2.40. The molecule has 3 aliphatic rings. The lowest BCUT2D eigenvalue weighted by Gasteiger charge is -2.36. The largest absolute Gasteiger partial charge is 0.377 e. The van der Waals surface area contributed by atoms with E-state index < -0.39 is 0 Å². The number of rotatable bonds is 4. The Labute approximate surface area is 154 Å². The predicted molar refractivity (Wildman–Crippen MR) is 100 cm³/mol. The van der Waals surface area contributed by atoms with Crippen molar-refractivity contribution in [1.82, 2.24) is 21.0 Å². The van der Waals surface area contributed by atoms with Gasteiger partial charge < -0.3 is 10.1 Å². The fraction of sp³-hybridized carbons (Fsp3) is 0.526. The third-order valence-corrected chi connectivity index (χ3v) is 5.33. The first-order valence-electron chi connectivity index (χ1n) is 9.32. The van der Waals surface area contributed by atoms with Gasteiger partial charge in [-0.25, -0.2) is 5.43 Å². The fourth-order valence-corrected chi connectivity index (χ4v) is 4.05. The van der Waals surface area contributed by atoms with E-state index in [1.54, 1.807) is 0 Å². The molecule has 0 bridgehead atoms. The second-order valence-corrected chi connectivity index (χ2v) is 7.16. The van der Waals surface area contributed by atoms with Gasteiger partial charge >= 0.3 is 0 Å². The Kier molecular flexibility index (Phi) is 4.71. The second kappa shape index (κ2) is 7.00. The number of hydrogen-bond donors (Lipinski definition) is 3. The summed E-state index contributed by atoms with van der Waals surface area (Å²) >= 11 is 0. The highest BCUT2D eigenvalue weighted by atomic mass is 16.5. The van der Waals surface area contributed by atoms with Crippen molar-refractivity contribution < 1.29 is 9.53 Å². The number of likely N-dealkylation sites (tertiary alicyclic amines) is 1. The predicted octanol–water partition coefficient (Wildman–Crippen LogP) is 0.952. The molecule has 7 nitrogen and oxygen atoms in total. The number of aryl methyl sites for hydroxylation is 2. The van der Waals surface area contributed by atoms with Crippen molar-refractivity contribution in [3.63, 3.8) is 0 Å². The number of benzene rings is 1. The van der Waals surface area contributed by atoms with Crippen LogP contribution in [0.5, 0.6) is 0 Å². The molecule has 26 heavy (non-hydrogen) atoms. The molecule has 1 aromatic rings. The molecule has 2 fully saturated rings. The van der Waals surface area contributed by atoms with Crippen molar-refractivity contribution in [3.05, 3.63) is 41.1 Å². The summed E-state index contributed by atoms with van der Waals surface area (Å²) in [6.45, 7) is 8.65. The lowest BCUT2D eigenvalue weighted by Crippen LogP contribution is -2.66. The van der Waals surface area contributed by atoms with Gasteiger partial charge in [-0.3, -0.25) is 20.0 Å². The van der Waals surface area contributed by atoms with Crippen LogP contribution < -0.4 is 21.1 Å². The summed E-state index contributed by atoms with van der Waals surface area (Å²) in [5.41, 5.74) is 7.57. The zero-order valence-electron chi connectivity index (χ0n) is 15.6. The van der Waals surface area contributed by atoms with Crippen molar-refractivity contribution in [2.75, 3.05) is 24.7 Å². The van der Waals surface area contributed by atoms with Gasteiger partial charge in [-0.1, -0.05) is 18.2 Å². The number of nitrogens with zero attached hydrogens (tertiary/aromatic N) is 2. The minimum absolute atomic E-state index is 0.0279. The van der Waals surface area contributed by atoms with E-state index in [1.165, 1.54) is 11.1 Å². The van der Waals surface area contributed by atoms with Gasteiger partial charge in [0.15, 0.2) is 0 Å². The maximum absolute atomic E-state index is 12.7. The molecule has 7 heteroatoms. The molecule has 3 N–H and O–H groups in total. The Bertz CT molecular complexity index is 714. The Morgan fingerprint density at radius 2 is 2.04 bits per heavy atom. The van der Waals surface area contributed by atoms with E-state index in [0.717, 1.165) is 31.8 Å². The monoisotopic (exact) mass is 357 g/mol. The van der Waals surface area contributed by atoms with Crippen molar-refractivity contribution in [2.24, 2.45) is 0 Å². The first-order chi connectivity index (χ1) is 12.6. The molecule has 0 radical (unpaired) electrons. The molecule has 0 aromatic heterocycles. The zero-order chi connectivity index (χ0) is 18.3. The van der Waals surface area contributed by atoms with Crippen molar-refractivity contribution in [1.29, 1.82) is 0 Å². The molecule has 3 aliphatic heterocycles. The van der Waals surface area contributed by atoms with Crippen LogP contribution in [-0.2, 0) is 9.53 Å². The van der Waals surface area contributed by atoms with Gasteiger partial charge in [0.1, 0.15) is 12.5 Å². The number of carbonyl (C=O) groups is 1. The standard InChI is InChI=1S/C19H27N5O2/c1-4-26-14-8-9-23(10-14)19-20-17-15(18(25)21-19)11-24(22-17)16-12(2)6-5-7-13(16)3/h5-7,11,14,17,19-20,22H,4,8-10H2,1-3H3,(H,21,25). The maximum Gasteiger partial charge on any atom is 0.254 e. The normalized spacial score (nSPS) is 28.9. The average Bonchev–Trinajstić information content (AvgIpc) is 3.22. The molecule has 0 aliphatic carbocycles. The Hall–Kier alpha value is -1.93. The summed E-state index contributed by atoms with van der Waals surface area (Å²) < 4.78 is 5.72. The SMILES string of the molecule is CCOC1CCN(C2NC(=O)C3=CN(c4c(C)cccc4C)NC3N2)C1. The van der Waals surface area contributed by atoms with Crippen LogP contribution >= 0.6 is 0 Å². The average molecular weight is 357 g/mol. The van der Waals surface area contributed by atoms with Gasteiger partial charge in [0, 0.05) is 25.9 Å². The van der Waals surface area contributed by atoms with Gasteiger partial charge in [-0.15, -0.1) is 0 Å². The van der Waals surface area contributed by atoms with Crippen LogP contribution in [0.2, 0.25) is 0 Å². The van der Waals surface area contributed by atoms with E-state index in [1.807, 2.05) is 24.2 Å². The van der Waals surface area contributed by atoms with E-state index in [0.29, 0.717) is 5.57 Å². The van der Waals surface area contributed by atoms with Crippen LogP contribution in [-0.4, -0.2) is 49.1 Å². The maximum atomic E-state index is 12.7. The summed E-state index contributed by atoms with van der Waals surface area (Å²) in [5, 5.41) is 8.55. The molecule has 1 aromatic carbocycles. The molecule has 3 atom stereocenters. The molecule has 0 spiro atoms. The summed E-state index contributed by atoms with van der Waals surface area (Å²) in [4.78, 5) is 14.9. The molecule has 140 valence electrons. The van der Waals surface area contributed by atoms with Crippen molar-refractivity contribution >= 4 is 11.6 Å². The van der Waals surface area contributed by atoms with Gasteiger partial charge in [0.25, 0.3) is 5.91 Å². The van der Waals surface area contributed by atoms with Gasteiger partial charge in [0.2, 0.25) is 0 Å². The Morgan fingerprint density at radius 3 is 2.77 bits per heavy atom. The summed E-state index contributed by atoms with van der Waals surface area (Å²) in [6.07, 6.45) is 2.76. The number of hydrazine groups is 1. The fourth-order valence-electron chi connectivity index (χ4n) is 4.05. The van der Waals surface area contributed by atoms with Crippen LogP contribution in [0.25, 0.3) is 0 Å². The lowest BCUT2D eigenvalue weighted by molar-refractivity contribution is -0.122. The van der Waals surface area contributed by atoms with Crippen LogP contribution in [0.4, 0.5) is 5.69 Å². The number of ether oxygens (including phenoxy) is 1. The van der Waals surface area contributed by atoms with E-state index in [2.05, 4.69) is 46.9 Å². The number of carbonyl (C=O) groups excluding carboxylic acids is 1. The molecule has 1 amide bonds. The highest BCUT2D eigenvalue weighted by Crippen LogP contribution is 2.28. The Balaban J connectivity index is 1.48. The number of anilines is 1. The summed E-state index contributed by atoms with van der Waals surface area (Å²) in [5.74, 6) is -0.0279. The molecular weight excluding hydrogens is 330 g/mol. The van der Waals surface area contributed by atoms with E-state index in [9.17, 15) is 4.79 Å².